The smallest absolute Gasteiger partial charge is 0.167 e. The van der Waals surface area contributed by atoms with Gasteiger partial charge in [-0.3, -0.25) is 0 Å². The van der Waals surface area contributed by atoms with Gasteiger partial charge < -0.3 is 8.98 Å². The molecule has 0 atom stereocenters. The van der Waals surface area contributed by atoms with Crippen LogP contribution in [-0.4, -0.2) is 19.5 Å². The molecule has 0 saturated heterocycles. The number of allylic oxidation sites excluding steroid dienone is 4. The van der Waals surface area contributed by atoms with Gasteiger partial charge in [-0.15, -0.1) is 0 Å². The van der Waals surface area contributed by atoms with Crippen LogP contribution in [0.15, 0.2) is 211 Å². The fourth-order valence-corrected chi connectivity index (χ4v) is 9.14. The van der Waals surface area contributed by atoms with E-state index < -0.39 is 0 Å². The molecule has 292 valence electrons. The standard InChI is InChI=1S/C57H38N4O/c1-5-17-37(18-6-1)39-31-33-42(34-32-39)56-58-55(41-23-11-4-12-24-41)59-57(60-56)47-28-15-26-44-45-27-16-30-50(54(45)62-53(44)47)61-49-29-14-13-25-46(49)52-48(40-21-9-3-10-22-40)35-43(36-51(52)61)38-19-7-2-8-20-38/h1,3-7,9-36H,2,8H2. The first-order chi connectivity index (χ1) is 30.7. The van der Waals surface area contributed by atoms with Crippen LogP contribution in [0.4, 0.5) is 0 Å². The van der Waals surface area contributed by atoms with Gasteiger partial charge in [0.05, 0.1) is 22.3 Å². The summed E-state index contributed by atoms with van der Waals surface area (Å²) in [6.07, 6.45) is 9.01. The second-order valence-corrected chi connectivity index (χ2v) is 15.8. The molecule has 0 N–H and O–H groups in total. The number of hydrogen-bond acceptors (Lipinski definition) is 4. The fourth-order valence-electron chi connectivity index (χ4n) is 9.14. The van der Waals surface area contributed by atoms with Gasteiger partial charge in [-0.05, 0) is 76.6 Å². The van der Waals surface area contributed by atoms with Crippen LogP contribution in [0.2, 0.25) is 0 Å². The molecule has 0 radical (unpaired) electrons. The summed E-state index contributed by atoms with van der Waals surface area (Å²) in [4.78, 5) is 15.3. The molecule has 1 aliphatic rings. The van der Waals surface area contributed by atoms with Gasteiger partial charge in [0, 0.05) is 32.7 Å². The molecular weight excluding hydrogens is 757 g/mol. The van der Waals surface area contributed by atoms with Gasteiger partial charge in [0.1, 0.15) is 5.58 Å². The number of furan rings is 1. The summed E-state index contributed by atoms with van der Waals surface area (Å²) >= 11 is 0. The number of rotatable bonds is 7. The van der Waals surface area contributed by atoms with E-state index in [9.17, 15) is 0 Å². The number of hydrogen-bond donors (Lipinski definition) is 0. The van der Waals surface area contributed by atoms with Crippen LogP contribution >= 0.6 is 0 Å². The molecule has 3 heterocycles. The molecule has 0 unspecified atom stereocenters. The first-order valence-electron chi connectivity index (χ1n) is 21.2. The Morgan fingerprint density at radius 1 is 0.403 bits per heavy atom. The molecule has 12 rings (SSSR count). The molecule has 3 aromatic heterocycles. The lowest BCUT2D eigenvalue weighted by molar-refractivity contribution is 0.667. The predicted octanol–water partition coefficient (Wildman–Crippen LogP) is 14.9. The van der Waals surface area contributed by atoms with Gasteiger partial charge >= 0.3 is 0 Å². The molecular formula is C57H38N4O. The molecule has 8 aromatic carbocycles. The average Bonchev–Trinajstić information content (AvgIpc) is 3.91. The van der Waals surface area contributed by atoms with Crippen LogP contribution in [0.25, 0.3) is 111 Å². The molecule has 0 spiro atoms. The zero-order valence-corrected chi connectivity index (χ0v) is 33.7. The van der Waals surface area contributed by atoms with Crippen LogP contribution in [0, 0.1) is 0 Å². The van der Waals surface area contributed by atoms with E-state index in [0.717, 1.165) is 79.3 Å². The zero-order chi connectivity index (χ0) is 41.0. The first kappa shape index (κ1) is 35.8. The molecule has 0 saturated carbocycles. The number of fused-ring (bicyclic) bond motifs is 6. The summed E-state index contributed by atoms with van der Waals surface area (Å²) < 4.78 is 9.56. The van der Waals surface area contributed by atoms with Crippen molar-refractivity contribution in [3.8, 4) is 62.1 Å². The Morgan fingerprint density at radius 2 is 0.984 bits per heavy atom. The van der Waals surface area contributed by atoms with E-state index in [1.807, 2.05) is 36.4 Å². The van der Waals surface area contributed by atoms with Gasteiger partial charge in [-0.25, -0.2) is 15.0 Å². The van der Waals surface area contributed by atoms with E-state index in [1.54, 1.807) is 0 Å². The van der Waals surface area contributed by atoms with E-state index >= 15 is 0 Å². The monoisotopic (exact) mass is 794 g/mol. The van der Waals surface area contributed by atoms with Crippen molar-refractivity contribution in [1.82, 2.24) is 19.5 Å². The third-order valence-electron chi connectivity index (χ3n) is 12.1. The van der Waals surface area contributed by atoms with E-state index in [0.29, 0.717) is 17.5 Å². The third kappa shape index (κ3) is 6.05. The molecule has 0 aliphatic heterocycles. The Morgan fingerprint density at radius 3 is 1.71 bits per heavy atom. The average molecular weight is 795 g/mol. The highest BCUT2D eigenvalue weighted by molar-refractivity contribution is 6.18. The minimum atomic E-state index is 0.551. The molecule has 0 fully saturated rings. The molecule has 0 amide bonds. The largest absolute Gasteiger partial charge is 0.453 e. The van der Waals surface area contributed by atoms with Crippen LogP contribution < -0.4 is 0 Å². The quantitative estimate of drug-likeness (QED) is 0.161. The van der Waals surface area contributed by atoms with Gasteiger partial charge in [0.2, 0.25) is 0 Å². The van der Waals surface area contributed by atoms with Crippen LogP contribution in [0.3, 0.4) is 0 Å². The van der Waals surface area contributed by atoms with Gasteiger partial charge in [-0.1, -0.05) is 176 Å². The number of benzene rings is 8. The van der Waals surface area contributed by atoms with Crippen molar-refractivity contribution in [2.45, 2.75) is 12.8 Å². The second-order valence-electron chi connectivity index (χ2n) is 15.8. The van der Waals surface area contributed by atoms with E-state index in [4.69, 9.17) is 19.4 Å². The number of nitrogens with zero attached hydrogens (tertiary/aromatic N) is 4. The van der Waals surface area contributed by atoms with Crippen molar-refractivity contribution >= 4 is 49.3 Å². The van der Waals surface area contributed by atoms with E-state index in [1.165, 1.54) is 33.0 Å². The highest BCUT2D eigenvalue weighted by Crippen LogP contribution is 2.44. The van der Waals surface area contributed by atoms with Crippen molar-refractivity contribution in [2.24, 2.45) is 0 Å². The Kier molecular flexibility index (Phi) is 8.56. The molecule has 1 aliphatic carbocycles. The number of para-hydroxylation sites is 3. The minimum Gasteiger partial charge on any atom is -0.453 e. The van der Waals surface area contributed by atoms with Gasteiger partial charge in [0.25, 0.3) is 0 Å². The topological polar surface area (TPSA) is 56.7 Å². The van der Waals surface area contributed by atoms with Crippen molar-refractivity contribution in [1.29, 1.82) is 0 Å². The lowest BCUT2D eigenvalue weighted by atomic mass is 9.92. The first-order valence-corrected chi connectivity index (χ1v) is 21.2. The lowest BCUT2D eigenvalue weighted by Crippen LogP contribution is -2.00. The maximum Gasteiger partial charge on any atom is 0.167 e. The molecule has 5 nitrogen and oxygen atoms in total. The highest BCUT2D eigenvalue weighted by atomic mass is 16.3. The lowest BCUT2D eigenvalue weighted by Gasteiger charge is -2.14. The predicted molar refractivity (Wildman–Crippen MR) is 255 cm³/mol. The van der Waals surface area contributed by atoms with E-state index in [2.05, 4.69) is 174 Å². The fraction of sp³-hybridized carbons (Fsp3) is 0.0351. The normalized spacial score (nSPS) is 12.7. The summed E-state index contributed by atoms with van der Waals surface area (Å²) in [5.74, 6) is 1.75. The summed E-state index contributed by atoms with van der Waals surface area (Å²) in [5.41, 5.74) is 14.5. The van der Waals surface area contributed by atoms with Crippen LogP contribution in [0.1, 0.15) is 18.4 Å². The second kappa shape index (κ2) is 14.8. The van der Waals surface area contributed by atoms with Crippen molar-refractivity contribution in [2.75, 3.05) is 0 Å². The van der Waals surface area contributed by atoms with Crippen LogP contribution in [-0.2, 0) is 0 Å². The summed E-state index contributed by atoms with van der Waals surface area (Å²) in [6, 6.07) is 65.9. The highest BCUT2D eigenvalue weighted by Gasteiger charge is 2.23. The molecule has 62 heavy (non-hydrogen) atoms. The summed E-state index contributed by atoms with van der Waals surface area (Å²) in [7, 11) is 0. The molecule has 11 aromatic rings. The van der Waals surface area contributed by atoms with E-state index in [-0.39, 0.29) is 0 Å². The SMILES string of the molecule is C1=CC(c2cc(-c3ccccc3)c3c4ccccc4n(-c4cccc5c4oc4c(-c6nc(-c7ccccc7)nc(-c7ccc(-c8ccccc8)cc7)n6)cccc45)c3c2)=CCC1. The number of aromatic nitrogens is 4. The maximum absolute atomic E-state index is 7.16. The Labute approximate surface area is 358 Å². The Bertz CT molecular complexity index is 3550. The third-order valence-corrected chi connectivity index (χ3v) is 12.1. The molecule has 5 heteroatoms. The van der Waals surface area contributed by atoms with Crippen molar-refractivity contribution < 1.29 is 4.42 Å². The Hall–Kier alpha value is -8.15. The van der Waals surface area contributed by atoms with Crippen molar-refractivity contribution in [3.05, 3.63) is 212 Å². The van der Waals surface area contributed by atoms with Crippen LogP contribution in [0.5, 0.6) is 0 Å². The van der Waals surface area contributed by atoms with Crippen molar-refractivity contribution in [3.63, 3.8) is 0 Å². The maximum atomic E-state index is 7.16. The van der Waals surface area contributed by atoms with Gasteiger partial charge in [-0.2, -0.15) is 0 Å². The summed E-state index contributed by atoms with van der Waals surface area (Å²) in [5, 5.41) is 4.43. The summed E-state index contributed by atoms with van der Waals surface area (Å²) in [6.45, 7) is 0. The van der Waals surface area contributed by atoms with Gasteiger partial charge in [0.15, 0.2) is 23.1 Å². The Balaban J connectivity index is 1.08. The minimum absolute atomic E-state index is 0.551. The molecule has 0 bridgehead atoms. The zero-order valence-electron chi connectivity index (χ0n) is 33.7.